The van der Waals surface area contributed by atoms with Crippen LogP contribution in [0.1, 0.15) is 29.8 Å². The van der Waals surface area contributed by atoms with Gasteiger partial charge in [0.15, 0.2) is 0 Å². The molecule has 1 aliphatic heterocycles. The number of carbonyl (C=O) groups is 1. The highest BCUT2D eigenvalue weighted by Crippen LogP contribution is 2.36. The van der Waals surface area contributed by atoms with E-state index in [2.05, 4.69) is 19.2 Å². The molecule has 0 saturated carbocycles. The van der Waals surface area contributed by atoms with Gasteiger partial charge in [-0.05, 0) is 23.8 Å². The second kappa shape index (κ2) is 3.26. The van der Waals surface area contributed by atoms with Gasteiger partial charge in [0.1, 0.15) is 0 Å². The van der Waals surface area contributed by atoms with Crippen LogP contribution in [0.5, 0.6) is 0 Å². The molecule has 0 unspecified atom stereocenters. The van der Waals surface area contributed by atoms with Crippen LogP contribution in [-0.2, 0) is 10.2 Å². The molecule has 0 spiro atoms. The number of methoxy groups -OCH3 is 1. The molecule has 80 valence electrons. The van der Waals surface area contributed by atoms with E-state index in [4.69, 9.17) is 4.74 Å². The maximum absolute atomic E-state index is 11.4. The third-order valence-electron chi connectivity index (χ3n) is 2.89. The summed E-state index contributed by atoms with van der Waals surface area (Å²) in [5.41, 5.74) is 3.00. The Morgan fingerprint density at radius 2 is 2.20 bits per heavy atom. The van der Waals surface area contributed by atoms with E-state index < -0.39 is 0 Å². The average molecular weight is 205 g/mol. The molecule has 15 heavy (non-hydrogen) atoms. The Kier molecular flexibility index (Phi) is 2.18. The number of nitrogens with one attached hydrogen (secondary N) is 1. The van der Waals surface area contributed by atoms with Crippen LogP contribution >= 0.6 is 0 Å². The van der Waals surface area contributed by atoms with E-state index in [0.29, 0.717) is 5.56 Å². The Morgan fingerprint density at radius 3 is 2.87 bits per heavy atom. The molecule has 1 aliphatic rings. The largest absolute Gasteiger partial charge is 0.465 e. The maximum Gasteiger partial charge on any atom is 0.337 e. The van der Waals surface area contributed by atoms with Gasteiger partial charge >= 0.3 is 5.97 Å². The van der Waals surface area contributed by atoms with E-state index in [1.807, 2.05) is 12.1 Å². The SMILES string of the molecule is COC(=O)c1ccc2c(c1)C(C)(C)CN2. The highest BCUT2D eigenvalue weighted by atomic mass is 16.5. The lowest BCUT2D eigenvalue weighted by atomic mass is 9.86. The van der Waals surface area contributed by atoms with Gasteiger partial charge in [-0.2, -0.15) is 0 Å². The van der Waals surface area contributed by atoms with Crippen molar-refractivity contribution in [1.82, 2.24) is 0 Å². The zero-order chi connectivity index (χ0) is 11.1. The number of esters is 1. The fourth-order valence-corrected chi connectivity index (χ4v) is 1.91. The minimum atomic E-state index is -0.277. The summed E-state index contributed by atoms with van der Waals surface area (Å²) in [5.74, 6) is -0.277. The predicted molar refractivity (Wildman–Crippen MR) is 59.3 cm³/mol. The third-order valence-corrected chi connectivity index (χ3v) is 2.89. The van der Waals surface area contributed by atoms with Gasteiger partial charge in [-0.1, -0.05) is 13.8 Å². The van der Waals surface area contributed by atoms with Crippen molar-refractivity contribution < 1.29 is 9.53 Å². The molecular weight excluding hydrogens is 190 g/mol. The van der Waals surface area contributed by atoms with Gasteiger partial charge in [0.25, 0.3) is 0 Å². The van der Waals surface area contributed by atoms with Gasteiger partial charge in [-0.25, -0.2) is 4.79 Å². The number of carbonyl (C=O) groups excluding carboxylic acids is 1. The lowest BCUT2D eigenvalue weighted by Gasteiger charge is -2.17. The lowest BCUT2D eigenvalue weighted by Crippen LogP contribution is -2.19. The molecule has 3 heteroatoms. The first-order chi connectivity index (χ1) is 7.04. The molecule has 2 rings (SSSR count). The van der Waals surface area contributed by atoms with Crippen molar-refractivity contribution in [2.24, 2.45) is 0 Å². The second-order valence-corrected chi connectivity index (χ2v) is 4.49. The van der Waals surface area contributed by atoms with E-state index in [0.717, 1.165) is 12.2 Å². The Balaban J connectivity index is 2.46. The number of ether oxygens (including phenoxy) is 1. The van der Waals surface area contributed by atoms with E-state index in [9.17, 15) is 4.79 Å². The van der Waals surface area contributed by atoms with Crippen molar-refractivity contribution in [2.75, 3.05) is 19.0 Å². The number of benzene rings is 1. The lowest BCUT2D eigenvalue weighted by molar-refractivity contribution is 0.0600. The molecule has 1 N–H and O–H groups in total. The zero-order valence-corrected chi connectivity index (χ0v) is 9.26. The Bertz CT molecular complexity index is 410. The van der Waals surface area contributed by atoms with Gasteiger partial charge in [0.05, 0.1) is 12.7 Å². The normalized spacial score (nSPS) is 16.7. The molecule has 0 fully saturated rings. The summed E-state index contributed by atoms with van der Waals surface area (Å²) in [6.45, 7) is 5.23. The first kappa shape index (κ1) is 10.0. The van der Waals surface area contributed by atoms with E-state index in [-0.39, 0.29) is 11.4 Å². The van der Waals surface area contributed by atoms with Crippen LogP contribution in [0.25, 0.3) is 0 Å². The number of hydrogen-bond acceptors (Lipinski definition) is 3. The fraction of sp³-hybridized carbons (Fsp3) is 0.417. The molecule has 0 radical (unpaired) electrons. The topological polar surface area (TPSA) is 38.3 Å². The molecule has 1 aromatic rings. The molecule has 1 heterocycles. The average Bonchev–Trinajstić information content (AvgIpc) is 2.53. The number of anilines is 1. The molecule has 0 bridgehead atoms. The number of hydrogen-bond donors (Lipinski definition) is 1. The van der Waals surface area contributed by atoms with Crippen LogP contribution in [0.15, 0.2) is 18.2 Å². The third kappa shape index (κ3) is 1.58. The minimum absolute atomic E-state index is 0.0827. The molecule has 1 aromatic carbocycles. The summed E-state index contributed by atoms with van der Waals surface area (Å²) >= 11 is 0. The predicted octanol–water partition coefficient (Wildman–Crippen LogP) is 2.18. The van der Waals surface area contributed by atoms with Crippen LogP contribution in [0.2, 0.25) is 0 Å². The smallest absolute Gasteiger partial charge is 0.337 e. The summed E-state index contributed by atoms with van der Waals surface area (Å²) in [6, 6.07) is 5.65. The van der Waals surface area contributed by atoms with Crippen molar-refractivity contribution in [2.45, 2.75) is 19.3 Å². The van der Waals surface area contributed by atoms with Crippen LogP contribution in [0.3, 0.4) is 0 Å². The molecule has 0 aliphatic carbocycles. The van der Waals surface area contributed by atoms with Gasteiger partial charge in [-0.3, -0.25) is 0 Å². The Labute approximate surface area is 89.4 Å². The van der Waals surface area contributed by atoms with Gasteiger partial charge in [0.2, 0.25) is 0 Å². The van der Waals surface area contributed by atoms with Crippen molar-refractivity contribution >= 4 is 11.7 Å². The van der Waals surface area contributed by atoms with Crippen LogP contribution in [0.4, 0.5) is 5.69 Å². The number of rotatable bonds is 1. The van der Waals surface area contributed by atoms with Crippen molar-refractivity contribution in [3.8, 4) is 0 Å². The van der Waals surface area contributed by atoms with Crippen LogP contribution in [0, 0.1) is 0 Å². The second-order valence-electron chi connectivity index (χ2n) is 4.49. The van der Waals surface area contributed by atoms with E-state index in [1.54, 1.807) is 6.07 Å². The van der Waals surface area contributed by atoms with Crippen LogP contribution in [-0.4, -0.2) is 19.6 Å². The molecule has 0 amide bonds. The minimum Gasteiger partial charge on any atom is -0.465 e. The molecule has 0 aromatic heterocycles. The van der Waals surface area contributed by atoms with Crippen molar-refractivity contribution in [1.29, 1.82) is 0 Å². The maximum atomic E-state index is 11.4. The number of fused-ring (bicyclic) bond motifs is 1. The Morgan fingerprint density at radius 1 is 1.47 bits per heavy atom. The highest BCUT2D eigenvalue weighted by molar-refractivity contribution is 5.90. The first-order valence-corrected chi connectivity index (χ1v) is 5.01. The summed E-state index contributed by atoms with van der Waals surface area (Å²) < 4.78 is 4.70. The molecule has 3 nitrogen and oxygen atoms in total. The standard InChI is InChI=1S/C12H15NO2/c1-12(2)7-13-10-5-4-8(6-9(10)12)11(14)15-3/h4-6,13H,7H2,1-3H3. The van der Waals surface area contributed by atoms with Gasteiger partial charge < -0.3 is 10.1 Å². The van der Waals surface area contributed by atoms with E-state index in [1.165, 1.54) is 12.7 Å². The van der Waals surface area contributed by atoms with Crippen molar-refractivity contribution in [3.63, 3.8) is 0 Å². The summed E-state index contributed by atoms with van der Waals surface area (Å²) in [6.07, 6.45) is 0. The van der Waals surface area contributed by atoms with Gasteiger partial charge in [-0.15, -0.1) is 0 Å². The molecule has 0 saturated heterocycles. The highest BCUT2D eigenvalue weighted by Gasteiger charge is 2.30. The summed E-state index contributed by atoms with van der Waals surface area (Å²) in [7, 11) is 1.40. The van der Waals surface area contributed by atoms with Gasteiger partial charge in [0, 0.05) is 17.6 Å². The quantitative estimate of drug-likeness (QED) is 0.714. The van der Waals surface area contributed by atoms with Crippen molar-refractivity contribution in [3.05, 3.63) is 29.3 Å². The summed E-state index contributed by atoms with van der Waals surface area (Å²) in [4.78, 5) is 11.4. The monoisotopic (exact) mass is 205 g/mol. The zero-order valence-electron chi connectivity index (χ0n) is 9.26. The Hall–Kier alpha value is -1.51. The fourth-order valence-electron chi connectivity index (χ4n) is 1.91. The molecular formula is C12H15NO2. The van der Waals surface area contributed by atoms with E-state index >= 15 is 0 Å². The first-order valence-electron chi connectivity index (χ1n) is 5.01. The van der Waals surface area contributed by atoms with Crippen LogP contribution < -0.4 is 5.32 Å². The molecule has 0 atom stereocenters. The summed E-state index contributed by atoms with van der Waals surface area (Å²) in [5, 5.41) is 3.32.